The Morgan fingerprint density at radius 1 is 1.47 bits per heavy atom. The van der Waals surface area contributed by atoms with Crippen LogP contribution in [0.5, 0.6) is 0 Å². The van der Waals surface area contributed by atoms with Crippen LogP contribution in [0.15, 0.2) is 18.2 Å². The van der Waals surface area contributed by atoms with E-state index < -0.39 is 0 Å². The Hall–Kier alpha value is -0.640. The molecule has 1 unspecified atom stereocenters. The van der Waals surface area contributed by atoms with Crippen molar-refractivity contribution in [3.63, 3.8) is 0 Å². The summed E-state index contributed by atoms with van der Waals surface area (Å²) in [6.45, 7) is 2.94. The molecule has 106 valence electrons. The third kappa shape index (κ3) is 2.93. The fourth-order valence-electron chi connectivity index (χ4n) is 2.74. The fraction of sp³-hybridized carbons (Fsp3) is 0.600. The van der Waals surface area contributed by atoms with Gasteiger partial charge in [0, 0.05) is 17.7 Å². The molecular formula is C15H21ClFNO. The summed E-state index contributed by atoms with van der Waals surface area (Å²) in [4.78, 5) is 0. The lowest BCUT2D eigenvalue weighted by Crippen LogP contribution is -2.51. The van der Waals surface area contributed by atoms with Gasteiger partial charge in [-0.15, -0.1) is 0 Å². The molecule has 1 aromatic rings. The normalized spacial score (nSPS) is 18.9. The summed E-state index contributed by atoms with van der Waals surface area (Å²) in [6, 6.07) is 4.77. The molecule has 0 heterocycles. The zero-order valence-corrected chi connectivity index (χ0v) is 12.3. The van der Waals surface area contributed by atoms with E-state index in [1.54, 1.807) is 19.2 Å². The van der Waals surface area contributed by atoms with E-state index in [1.165, 1.54) is 6.07 Å². The number of nitrogens with one attached hydrogen (secondary N) is 1. The lowest BCUT2D eigenvalue weighted by molar-refractivity contribution is -0.100. The first-order valence-corrected chi connectivity index (χ1v) is 7.24. The molecule has 1 atom stereocenters. The highest BCUT2D eigenvalue weighted by molar-refractivity contribution is 6.30. The smallest absolute Gasteiger partial charge is 0.129 e. The van der Waals surface area contributed by atoms with Crippen LogP contribution >= 0.6 is 11.6 Å². The molecule has 1 aliphatic carbocycles. The molecule has 2 rings (SSSR count). The highest BCUT2D eigenvalue weighted by Crippen LogP contribution is 2.45. The summed E-state index contributed by atoms with van der Waals surface area (Å²) in [5, 5.41) is 3.86. The van der Waals surface area contributed by atoms with Gasteiger partial charge in [0.15, 0.2) is 0 Å². The summed E-state index contributed by atoms with van der Waals surface area (Å²) in [5.74, 6) is -0.260. The van der Waals surface area contributed by atoms with E-state index in [1.807, 2.05) is 0 Å². The molecule has 1 saturated carbocycles. The van der Waals surface area contributed by atoms with E-state index in [-0.39, 0.29) is 17.5 Å². The van der Waals surface area contributed by atoms with Gasteiger partial charge in [0.2, 0.25) is 0 Å². The topological polar surface area (TPSA) is 21.3 Å². The van der Waals surface area contributed by atoms with Crippen LogP contribution in [0.4, 0.5) is 4.39 Å². The number of halogens is 2. The molecule has 2 nitrogen and oxygen atoms in total. The zero-order chi connectivity index (χ0) is 13.9. The molecule has 0 amide bonds. The molecule has 1 aliphatic rings. The summed E-state index contributed by atoms with van der Waals surface area (Å²) >= 11 is 5.83. The van der Waals surface area contributed by atoms with Gasteiger partial charge in [-0.3, -0.25) is 0 Å². The molecule has 19 heavy (non-hydrogen) atoms. The predicted molar refractivity (Wildman–Crippen MR) is 76.0 cm³/mol. The number of methoxy groups -OCH3 is 1. The molecule has 0 saturated heterocycles. The maximum atomic E-state index is 14.2. The molecule has 0 bridgehead atoms. The van der Waals surface area contributed by atoms with Crippen molar-refractivity contribution < 1.29 is 9.13 Å². The molecule has 1 aromatic carbocycles. The van der Waals surface area contributed by atoms with Crippen molar-refractivity contribution in [2.75, 3.05) is 13.7 Å². The van der Waals surface area contributed by atoms with Crippen molar-refractivity contribution in [2.24, 2.45) is 0 Å². The molecule has 4 heteroatoms. The molecule has 1 N–H and O–H groups in total. The molecule has 0 radical (unpaired) electrons. The second-order valence-corrected chi connectivity index (χ2v) is 5.61. The van der Waals surface area contributed by atoms with Crippen LogP contribution in [0, 0.1) is 5.82 Å². The molecule has 0 aromatic heterocycles. The van der Waals surface area contributed by atoms with E-state index in [0.29, 0.717) is 10.6 Å². The van der Waals surface area contributed by atoms with Gasteiger partial charge in [-0.05, 0) is 44.4 Å². The highest BCUT2D eigenvalue weighted by atomic mass is 35.5. The first kappa shape index (κ1) is 14.8. The van der Waals surface area contributed by atoms with Crippen molar-refractivity contribution in [3.8, 4) is 0 Å². The van der Waals surface area contributed by atoms with Gasteiger partial charge in [-0.25, -0.2) is 4.39 Å². The van der Waals surface area contributed by atoms with Gasteiger partial charge in [0.25, 0.3) is 0 Å². The second kappa shape index (κ2) is 6.21. The van der Waals surface area contributed by atoms with Crippen LogP contribution in [0.25, 0.3) is 0 Å². The van der Waals surface area contributed by atoms with E-state index in [0.717, 1.165) is 32.2 Å². The minimum atomic E-state index is -0.274. The number of hydrogen-bond acceptors (Lipinski definition) is 2. The molecule has 0 aliphatic heterocycles. The summed E-state index contributed by atoms with van der Waals surface area (Å²) < 4.78 is 19.9. The van der Waals surface area contributed by atoms with Crippen molar-refractivity contribution in [1.82, 2.24) is 5.32 Å². The monoisotopic (exact) mass is 285 g/mol. The Morgan fingerprint density at radius 3 is 2.68 bits per heavy atom. The van der Waals surface area contributed by atoms with Crippen LogP contribution < -0.4 is 5.32 Å². The first-order chi connectivity index (χ1) is 9.13. The van der Waals surface area contributed by atoms with Crippen molar-refractivity contribution in [1.29, 1.82) is 0 Å². The van der Waals surface area contributed by atoms with Gasteiger partial charge in [-0.2, -0.15) is 0 Å². The lowest BCUT2D eigenvalue weighted by Gasteiger charge is -2.47. The third-order valence-corrected chi connectivity index (χ3v) is 4.24. The zero-order valence-electron chi connectivity index (χ0n) is 11.5. The Bertz CT molecular complexity index is 429. The quantitative estimate of drug-likeness (QED) is 0.850. The van der Waals surface area contributed by atoms with Gasteiger partial charge in [0.1, 0.15) is 5.82 Å². The van der Waals surface area contributed by atoms with E-state index in [4.69, 9.17) is 16.3 Å². The maximum Gasteiger partial charge on any atom is 0.129 e. The number of hydrogen-bond donors (Lipinski definition) is 1. The van der Waals surface area contributed by atoms with Crippen molar-refractivity contribution in [3.05, 3.63) is 34.6 Å². The Kier molecular flexibility index (Phi) is 4.82. The number of benzene rings is 1. The molecule has 0 spiro atoms. The minimum Gasteiger partial charge on any atom is -0.376 e. The van der Waals surface area contributed by atoms with E-state index in [9.17, 15) is 4.39 Å². The van der Waals surface area contributed by atoms with Crippen LogP contribution in [-0.4, -0.2) is 19.3 Å². The predicted octanol–water partition coefficient (Wildman–Crippen LogP) is 4.09. The summed E-state index contributed by atoms with van der Waals surface area (Å²) in [5.41, 5.74) is 0.378. The van der Waals surface area contributed by atoms with E-state index in [2.05, 4.69) is 12.2 Å². The average Bonchev–Trinajstić information content (AvgIpc) is 2.33. The first-order valence-electron chi connectivity index (χ1n) is 6.86. The summed E-state index contributed by atoms with van der Waals surface area (Å²) in [6.07, 6.45) is 4.07. The lowest BCUT2D eigenvalue weighted by atomic mass is 9.72. The Morgan fingerprint density at radius 2 is 2.21 bits per heavy atom. The van der Waals surface area contributed by atoms with Crippen LogP contribution in [0.2, 0.25) is 5.02 Å². The third-order valence-electron chi connectivity index (χ3n) is 4.00. The largest absolute Gasteiger partial charge is 0.376 e. The van der Waals surface area contributed by atoms with Crippen LogP contribution in [-0.2, 0) is 4.74 Å². The van der Waals surface area contributed by atoms with Gasteiger partial charge in [0.05, 0.1) is 11.6 Å². The standard InChI is InChI=1S/C15H21ClFNO/c1-3-9-18-14(15(19-2)7-4-8-15)12-6-5-11(16)10-13(12)17/h5-6,10,14,18H,3-4,7-9H2,1-2H3. The molecule has 1 fully saturated rings. The fourth-order valence-corrected chi connectivity index (χ4v) is 2.90. The number of ether oxygens (including phenoxy) is 1. The molecular weight excluding hydrogens is 265 g/mol. The van der Waals surface area contributed by atoms with Gasteiger partial charge < -0.3 is 10.1 Å². The Balaban J connectivity index is 2.31. The minimum absolute atomic E-state index is 0.108. The van der Waals surface area contributed by atoms with Crippen molar-refractivity contribution >= 4 is 11.6 Å². The van der Waals surface area contributed by atoms with Gasteiger partial charge >= 0.3 is 0 Å². The SMILES string of the molecule is CCCNC(c1ccc(Cl)cc1F)C1(OC)CCC1. The second-order valence-electron chi connectivity index (χ2n) is 5.18. The van der Waals surface area contributed by atoms with Crippen LogP contribution in [0.3, 0.4) is 0 Å². The number of rotatable bonds is 6. The summed E-state index contributed by atoms with van der Waals surface area (Å²) in [7, 11) is 1.72. The van der Waals surface area contributed by atoms with Crippen LogP contribution in [0.1, 0.15) is 44.2 Å². The van der Waals surface area contributed by atoms with Crippen molar-refractivity contribution in [2.45, 2.75) is 44.2 Å². The van der Waals surface area contributed by atoms with Gasteiger partial charge in [-0.1, -0.05) is 24.6 Å². The Labute approximate surface area is 119 Å². The van der Waals surface area contributed by atoms with E-state index >= 15 is 0 Å². The highest BCUT2D eigenvalue weighted by Gasteiger charge is 2.45. The maximum absolute atomic E-state index is 14.2. The average molecular weight is 286 g/mol.